The van der Waals surface area contributed by atoms with E-state index in [4.69, 9.17) is 0 Å². The van der Waals surface area contributed by atoms with Gasteiger partial charge in [-0.05, 0) is 0 Å². The molecule has 40 valence electrons. The molecule has 6 heteroatoms. The average molecular weight is 192 g/mol. The van der Waals surface area contributed by atoms with Crippen molar-refractivity contribution in [2.24, 2.45) is 0 Å². The molecule has 2 radical (unpaired) electrons. The van der Waals surface area contributed by atoms with E-state index in [0.717, 1.165) is 0 Å². The second kappa shape index (κ2) is 105. The molecule has 0 saturated carbocycles. The van der Waals surface area contributed by atoms with Gasteiger partial charge in [-0.25, -0.2) is 0 Å². The molecule has 0 aromatic heterocycles. The summed E-state index contributed by atoms with van der Waals surface area (Å²) >= 11 is 0. The van der Waals surface area contributed by atoms with E-state index in [1.54, 1.807) is 0 Å². The normalized spacial score (nSPS) is 0. The fraction of sp³-hybridized carbons (Fsp3) is 0. The summed E-state index contributed by atoms with van der Waals surface area (Å²) in [7, 11) is 0. The Hall–Kier alpha value is 1.29. The standard InChI is InChI=1S/Mg.Mo.4H2O/h;;4*1H2. The first-order valence-electron chi connectivity index (χ1n) is 0. The first-order valence-corrected chi connectivity index (χ1v) is 0. The molecule has 0 heterocycles. The van der Waals surface area contributed by atoms with Crippen molar-refractivity contribution in [1.29, 1.82) is 0 Å². The average Bonchev–Trinajstić information content (AvgIpc) is 0. The third-order valence-corrected chi connectivity index (χ3v) is 0. The summed E-state index contributed by atoms with van der Waals surface area (Å²) in [5, 5.41) is 0. The van der Waals surface area contributed by atoms with Crippen molar-refractivity contribution < 1.29 is 43.0 Å². The molecule has 0 aliphatic heterocycles. The summed E-state index contributed by atoms with van der Waals surface area (Å²) in [5.74, 6) is 0. The van der Waals surface area contributed by atoms with Crippen LogP contribution in [0.25, 0.3) is 0 Å². The second-order valence-electron chi connectivity index (χ2n) is 0. The fourth-order valence-corrected chi connectivity index (χ4v) is 0. The van der Waals surface area contributed by atoms with Gasteiger partial charge in [-0.1, -0.05) is 0 Å². The largest absolute Gasteiger partial charge is 0.412 e. The number of hydrogen-bond donors (Lipinski definition) is 0. The fourth-order valence-electron chi connectivity index (χ4n) is 0. The van der Waals surface area contributed by atoms with Gasteiger partial charge >= 0.3 is 0 Å². The first kappa shape index (κ1) is 172. The molecule has 0 spiro atoms. The topological polar surface area (TPSA) is 126 Å². The van der Waals surface area contributed by atoms with Crippen molar-refractivity contribution in [3.63, 3.8) is 0 Å². The van der Waals surface area contributed by atoms with Gasteiger partial charge in [0.25, 0.3) is 0 Å². The van der Waals surface area contributed by atoms with E-state index in [9.17, 15) is 0 Å². The summed E-state index contributed by atoms with van der Waals surface area (Å²) in [4.78, 5) is 0. The Kier molecular flexibility index (Phi) is 3030. The van der Waals surface area contributed by atoms with Crippen LogP contribution in [0.2, 0.25) is 0 Å². The molecule has 0 aliphatic carbocycles. The van der Waals surface area contributed by atoms with Crippen LogP contribution in [0.1, 0.15) is 0 Å². The van der Waals surface area contributed by atoms with Gasteiger partial charge in [0.1, 0.15) is 0 Å². The zero-order valence-corrected chi connectivity index (χ0v) is 6.54. The Morgan fingerprint density at radius 3 is 0.500 bits per heavy atom. The molecule has 0 aliphatic rings. The van der Waals surface area contributed by atoms with Crippen molar-refractivity contribution in [1.82, 2.24) is 0 Å². The molecule has 0 aromatic rings. The molecule has 0 aromatic carbocycles. The molecule has 0 atom stereocenters. The van der Waals surface area contributed by atoms with E-state index in [0.29, 0.717) is 0 Å². The Bertz CT molecular complexity index is 7.51. The maximum absolute atomic E-state index is 0. The zero-order valence-electron chi connectivity index (χ0n) is 3.12. The third-order valence-electron chi connectivity index (χ3n) is 0. The van der Waals surface area contributed by atoms with Gasteiger partial charge < -0.3 is 21.9 Å². The SMILES string of the molecule is O.O.O.O.[Mg].[Mo]. The molecule has 0 fully saturated rings. The molecular formula is H8MgMoO4. The summed E-state index contributed by atoms with van der Waals surface area (Å²) in [6.45, 7) is 0. The molecular weight excluding hydrogens is 184 g/mol. The maximum Gasteiger partial charge on any atom is 0 e. The first-order chi connectivity index (χ1) is 0. The van der Waals surface area contributed by atoms with E-state index in [-0.39, 0.29) is 66.0 Å². The molecule has 0 amide bonds. The van der Waals surface area contributed by atoms with Crippen LogP contribution < -0.4 is 0 Å². The minimum Gasteiger partial charge on any atom is -0.412 e. The van der Waals surface area contributed by atoms with Crippen molar-refractivity contribution in [3.8, 4) is 0 Å². The van der Waals surface area contributed by atoms with Crippen LogP contribution in [-0.4, -0.2) is 45.0 Å². The van der Waals surface area contributed by atoms with Gasteiger partial charge in [0.05, 0.1) is 0 Å². The Morgan fingerprint density at radius 1 is 0.500 bits per heavy atom. The van der Waals surface area contributed by atoms with E-state index < -0.39 is 0 Å². The van der Waals surface area contributed by atoms with Crippen molar-refractivity contribution in [2.45, 2.75) is 0 Å². The van der Waals surface area contributed by atoms with Crippen LogP contribution in [0.3, 0.4) is 0 Å². The van der Waals surface area contributed by atoms with Gasteiger partial charge in [-0.15, -0.1) is 0 Å². The van der Waals surface area contributed by atoms with Crippen molar-refractivity contribution in [2.75, 3.05) is 0 Å². The molecule has 0 unspecified atom stereocenters. The predicted octanol–water partition coefficient (Wildman–Crippen LogP) is -3.68. The van der Waals surface area contributed by atoms with Crippen LogP contribution in [0, 0.1) is 0 Å². The smallest absolute Gasteiger partial charge is 0 e. The summed E-state index contributed by atoms with van der Waals surface area (Å²) in [5.41, 5.74) is 0. The Morgan fingerprint density at radius 2 is 0.500 bits per heavy atom. The summed E-state index contributed by atoms with van der Waals surface area (Å²) < 4.78 is 0. The molecule has 0 rings (SSSR count). The summed E-state index contributed by atoms with van der Waals surface area (Å²) in [6, 6.07) is 0. The molecule has 0 saturated heterocycles. The van der Waals surface area contributed by atoms with Gasteiger partial charge in [0.15, 0.2) is 0 Å². The van der Waals surface area contributed by atoms with E-state index in [1.807, 2.05) is 0 Å². The van der Waals surface area contributed by atoms with Crippen LogP contribution in [0.5, 0.6) is 0 Å². The minimum absolute atomic E-state index is 0. The third kappa shape index (κ3) is 58.3. The minimum atomic E-state index is 0. The van der Waals surface area contributed by atoms with Gasteiger partial charge in [-0.3, -0.25) is 0 Å². The molecule has 6 heavy (non-hydrogen) atoms. The van der Waals surface area contributed by atoms with E-state index in [2.05, 4.69) is 0 Å². The van der Waals surface area contributed by atoms with Crippen LogP contribution in [0.15, 0.2) is 0 Å². The number of hydrogen-bond acceptors (Lipinski definition) is 0. The van der Waals surface area contributed by atoms with E-state index in [1.165, 1.54) is 0 Å². The van der Waals surface area contributed by atoms with Gasteiger partial charge in [-0.2, -0.15) is 0 Å². The molecule has 8 N–H and O–H groups in total. The molecule has 4 nitrogen and oxygen atoms in total. The van der Waals surface area contributed by atoms with E-state index >= 15 is 0 Å². The predicted molar refractivity (Wildman–Crippen MR) is 20.2 cm³/mol. The zero-order chi connectivity index (χ0) is 0. The van der Waals surface area contributed by atoms with Crippen LogP contribution in [0.4, 0.5) is 0 Å². The van der Waals surface area contributed by atoms with Gasteiger partial charge in [0.2, 0.25) is 0 Å². The Balaban J connectivity index is 0. The van der Waals surface area contributed by atoms with Crippen LogP contribution >= 0.6 is 0 Å². The quantitative estimate of drug-likeness (QED) is 0.350. The second-order valence-corrected chi connectivity index (χ2v) is 0. The van der Waals surface area contributed by atoms with Crippen LogP contribution in [-0.2, 0) is 21.1 Å². The van der Waals surface area contributed by atoms with Crippen molar-refractivity contribution in [3.05, 3.63) is 0 Å². The monoisotopic (exact) mass is 194 g/mol. The Labute approximate surface area is 65.9 Å². The van der Waals surface area contributed by atoms with Gasteiger partial charge in [0, 0.05) is 44.1 Å². The maximum atomic E-state index is 0. The molecule has 0 bridgehead atoms. The van der Waals surface area contributed by atoms with Crippen molar-refractivity contribution >= 4 is 23.1 Å². The summed E-state index contributed by atoms with van der Waals surface area (Å²) in [6.07, 6.45) is 0. The number of rotatable bonds is 0.